The number of carboxylic acid groups (broad SMARTS) is 1. The maximum atomic E-state index is 11.4. The molecule has 0 saturated heterocycles. The molecule has 0 spiro atoms. The number of aliphatic carboxylic acids is 1. The molecule has 47 heavy (non-hydrogen) atoms. The summed E-state index contributed by atoms with van der Waals surface area (Å²) in [4.78, 5) is 13.9. The first kappa shape index (κ1) is 50.2. The Balaban J connectivity index is 0. The Hall–Kier alpha value is 1.07. The van der Waals surface area contributed by atoms with Gasteiger partial charge in [-0.2, -0.15) is 0 Å². The molecule has 1 atom stereocenters. The summed E-state index contributed by atoms with van der Waals surface area (Å²) in [6.45, 7) is 8.85. The van der Waals surface area contributed by atoms with Crippen LogP contribution in [0.4, 0.5) is 0 Å². The molecule has 0 aliphatic carbocycles. The fourth-order valence-corrected chi connectivity index (χ4v) is 7.28. The summed E-state index contributed by atoms with van der Waals surface area (Å²) < 4.78 is 0. The van der Waals surface area contributed by atoms with Crippen molar-refractivity contribution in [2.75, 3.05) is 13.1 Å². The van der Waals surface area contributed by atoms with Gasteiger partial charge in [-0.15, -0.1) is 0 Å². The molecule has 276 valence electrons. The number of hydrogen-bond acceptors (Lipinski definition) is 3. The van der Waals surface area contributed by atoms with Crippen molar-refractivity contribution in [1.29, 1.82) is 0 Å². The van der Waals surface area contributed by atoms with Gasteiger partial charge in [-0.25, -0.2) is 0 Å². The topological polar surface area (TPSA) is 43.4 Å². The summed E-state index contributed by atoms with van der Waals surface area (Å²) in [5.41, 5.74) is 0. The standard InChI is InChI=1S/C43H87NO2.K/c1-4-7-9-11-13-15-17-19-21-23-25-27-29-31-33-35-37-39-44(42(6-3)41-43(45)46)40-38-36-34-32-30-28-26-24-22-20-18-16-14-12-10-8-5-2;/h42H,4-41H2,1-3H3,(H,45,46);/q;+1/p-1. The van der Waals surface area contributed by atoms with Gasteiger partial charge in [0, 0.05) is 18.4 Å². The Morgan fingerprint density at radius 1 is 0.404 bits per heavy atom. The Morgan fingerprint density at radius 2 is 0.617 bits per heavy atom. The van der Waals surface area contributed by atoms with E-state index in [1.807, 2.05) is 0 Å². The van der Waals surface area contributed by atoms with Gasteiger partial charge in [-0.05, 0) is 32.4 Å². The van der Waals surface area contributed by atoms with E-state index in [1.165, 1.54) is 218 Å². The molecular formula is C43H86KNO2. The van der Waals surface area contributed by atoms with Crippen LogP contribution in [0, 0.1) is 0 Å². The third-order valence-corrected chi connectivity index (χ3v) is 10.5. The van der Waals surface area contributed by atoms with Crippen molar-refractivity contribution in [3.05, 3.63) is 0 Å². The van der Waals surface area contributed by atoms with E-state index in [0.29, 0.717) is 0 Å². The molecule has 0 aromatic carbocycles. The number of hydrogen-bond donors (Lipinski definition) is 0. The molecule has 3 nitrogen and oxygen atoms in total. The quantitative estimate of drug-likeness (QED) is 0.0476. The maximum absolute atomic E-state index is 11.4. The van der Waals surface area contributed by atoms with Crippen LogP contribution in [0.1, 0.15) is 252 Å². The van der Waals surface area contributed by atoms with Crippen molar-refractivity contribution in [2.45, 2.75) is 258 Å². The summed E-state index contributed by atoms with van der Waals surface area (Å²) in [6, 6.07) is 0.145. The Bertz CT molecular complexity index is 548. The summed E-state index contributed by atoms with van der Waals surface area (Å²) in [5, 5.41) is 11.4. The molecule has 1 unspecified atom stereocenters. The fourth-order valence-electron chi connectivity index (χ4n) is 7.28. The van der Waals surface area contributed by atoms with Crippen molar-refractivity contribution in [1.82, 2.24) is 4.90 Å². The van der Waals surface area contributed by atoms with Crippen LogP contribution in [0.15, 0.2) is 0 Å². The number of carbonyl (C=O) groups excluding carboxylic acids is 1. The molecule has 0 amide bonds. The fraction of sp³-hybridized carbons (Fsp3) is 0.977. The van der Waals surface area contributed by atoms with Gasteiger partial charge < -0.3 is 14.8 Å². The largest absolute Gasteiger partial charge is 1.00 e. The zero-order valence-corrected chi connectivity index (χ0v) is 36.3. The molecule has 0 N–H and O–H groups in total. The van der Waals surface area contributed by atoms with Crippen LogP contribution in [0.2, 0.25) is 0 Å². The zero-order valence-electron chi connectivity index (χ0n) is 33.2. The minimum Gasteiger partial charge on any atom is -0.550 e. The third-order valence-electron chi connectivity index (χ3n) is 10.5. The molecular weight excluding hydrogens is 602 g/mol. The second-order valence-corrected chi connectivity index (χ2v) is 15.0. The molecule has 0 heterocycles. The number of unbranched alkanes of at least 4 members (excludes halogenated alkanes) is 32. The SMILES string of the molecule is CCCCCCCCCCCCCCCCCCCN(CCCCCCCCCCCCCCCCCCC)C(CC)CC(=O)[O-].[K+]. The smallest absolute Gasteiger partial charge is 0.550 e. The number of rotatable bonds is 40. The van der Waals surface area contributed by atoms with Crippen LogP contribution in [-0.2, 0) is 4.79 Å². The van der Waals surface area contributed by atoms with Crippen LogP contribution >= 0.6 is 0 Å². The van der Waals surface area contributed by atoms with Crippen molar-refractivity contribution in [3.8, 4) is 0 Å². The van der Waals surface area contributed by atoms with E-state index in [-0.39, 0.29) is 63.8 Å². The van der Waals surface area contributed by atoms with Crippen LogP contribution in [0.3, 0.4) is 0 Å². The summed E-state index contributed by atoms with van der Waals surface area (Å²) in [7, 11) is 0. The average Bonchev–Trinajstić information content (AvgIpc) is 3.05. The number of carboxylic acids is 1. The molecule has 0 bridgehead atoms. The van der Waals surface area contributed by atoms with Crippen LogP contribution in [0.25, 0.3) is 0 Å². The van der Waals surface area contributed by atoms with E-state index in [4.69, 9.17) is 0 Å². The van der Waals surface area contributed by atoms with Gasteiger partial charge in [-0.1, -0.05) is 226 Å². The molecule has 0 aliphatic rings. The van der Waals surface area contributed by atoms with Gasteiger partial charge in [-0.3, -0.25) is 0 Å². The van der Waals surface area contributed by atoms with Gasteiger partial charge in [0.05, 0.1) is 0 Å². The first-order valence-corrected chi connectivity index (χ1v) is 21.6. The molecule has 0 fully saturated rings. The molecule has 0 aromatic rings. The average molecular weight is 688 g/mol. The predicted octanol–water partition coefficient (Wildman–Crippen LogP) is 10.5. The number of nitrogens with zero attached hydrogens (tertiary/aromatic N) is 1. The van der Waals surface area contributed by atoms with Crippen molar-refractivity contribution < 1.29 is 61.3 Å². The molecule has 0 aliphatic heterocycles. The van der Waals surface area contributed by atoms with Crippen LogP contribution in [0.5, 0.6) is 0 Å². The van der Waals surface area contributed by atoms with Gasteiger partial charge in [0.25, 0.3) is 0 Å². The summed E-state index contributed by atoms with van der Waals surface area (Å²) in [5.74, 6) is -0.887. The maximum Gasteiger partial charge on any atom is 1.00 e. The van der Waals surface area contributed by atoms with Crippen molar-refractivity contribution in [3.63, 3.8) is 0 Å². The summed E-state index contributed by atoms with van der Waals surface area (Å²) >= 11 is 0. The first-order valence-electron chi connectivity index (χ1n) is 21.6. The van der Waals surface area contributed by atoms with Gasteiger partial charge in [0.15, 0.2) is 0 Å². The van der Waals surface area contributed by atoms with Gasteiger partial charge >= 0.3 is 51.4 Å². The zero-order chi connectivity index (χ0) is 33.6. The molecule has 0 radical (unpaired) electrons. The van der Waals surface area contributed by atoms with E-state index in [1.54, 1.807) is 0 Å². The van der Waals surface area contributed by atoms with Gasteiger partial charge in [0.2, 0.25) is 0 Å². The van der Waals surface area contributed by atoms with Crippen molar-refractivity contribution in [2.24, 2.45) is 0 Å². The third kappa shape index (κ3) is 39.7. The van der Waals surface area contributed by atoms with E-state index >= 15 is 0 Å². The number of carbonyl (C=O) groups is 1. The van der Waals surface area contributed by atoms with E-state index in [0.717, 1.165) is 19.5 Å². The monoisotopic (exact) mass is 688 g/mol. The minimum absolute atomic E-state index is 0. The Morgan fingerprint density at radius 3 is 0.809 bits per heavy atom. The second kappa shape index (κ2) is 43.2. The van der Waals surface area contributed by atoms with Crippen LogP contribution in [-0.4, -0.2) is 30.0 Å². The first-order chi connectivity index (χ1) is 22.7. The predicted molar refractivity (Wildman–Crippen MR) is 204 cm³/mol. The van der Waals surface area contributed by atoms with E-state index in [2.05, 4.69) is 25.7 Å². The molecule has 4 heteroatoms. The van der Waals surface area contributed by atoms with E-state index in [9.17, 15) is 9.90 Å². The molecule has 0 saturated carbocycles. The van der Waals surface area contributed by atoms with Crippen LogP contribution < -0.4 is 56.5 Å². The van der Waals surface area contributed by atoms with Gasteiger partial charge in [0.1, 0.15) is 0 Å². The van der Waals surface area contributed by atoms with Crippen molar-refractivity contribution >= 4 is 5.97 Å². The molecule has 0 rings (SSSR count). The minimum atomic E-state index is -0.887. The Labute approximate surface area is 340 Å². The summed E-state index contributed by atoms with van der Waals surface area (Å²) in [6.07, 6.45) is 48.6. The van der Waals surface area contributed by atoms with E-state index < -0.39 is 5.97 Å². The molecule has 0 aromatic heterocycles. The second-order valence-electron chi connectivity index (χ2n) is 15.0. The Kier molecular flexibility index (Phi) is 46.2. The normalized spacial score (nSPS) is 12.1.